The van der Waals surface area contributed by atoms with Gasteiger partial charge in [-0.15, -0.1) is 0 Å². The molecule has 0 radical (unpaired) electrons. The van der Waals surface area contributed by atoms with Gasteiger partial charge in [0, 0.05) is 43.6 Å². The van der Waals surface area contributed by atoms with Crippen LogP contribution in [-0.4, -0.2) is 25.1 Å². The van der Waals surface area contributed by atoms with Gasteiger partial charge >= 0.3 is 0 Å². The Balaban J connectivity index is 2.24. The molecule has 0 atom stereocenters. The summed E-state index contributed by atoms with van der Waals surface area (Å²) in [5.74, 6) is 0. The van der Waals surface area contributed by atoms with Crippen LogP contribution in [0.2, 0.25) is 0 Å². The Bertz CT molecular complexity index is 476. The van der Waals surface area contributed by atoms with Crippen molar-refractivity contribution in [1.82, 2.24) is 0 Å². The average Bonchev–Trinajstić information content (AvgIpc) is 2.38. The summed E-state index contributed by atoms with van der Waals surface area (Å²) >= 11 is 0. The summed E-state index contributed by atoms with van der Waals surface area (Å²) in [6, 6.07) is 5.21. The summed E-state index contributed by atoms with van der Waals surface area (Å²) in [7, 11) is 1.78. The van der Waals surface area contributed by atoms with E-state index in [1.807, 2.05) is 6.07 Å². The van der Waals surface area contributed by atoms with Crippen molar-refractivity contribution in [2.24, 2.45) is 5.41 Å². The number of piperidine rings is 1. The minimum absolute atomic E-state index is 0.145. The maximum Gasteiger partial charge on any atom is 0.273 e. The Morgan fingerprint density at radius 2 is 1.89 bits per heavy atom. The minimum atomic E-state index is -0.335. The SMILES string of the molecule is CNc1cc(N2CCC(C)(C)CC2)cc([N+](=O)[O-])c1. The summed E-state index contributed by atoms with van der Waals surface area (Å²) < 4.78 is 0. The summed E-state index contributed by atoms with van der Waals surface area (Å²) in [6.07, 6.45) is 2.23. The van der Waals surface area contributed by atoms with Gasteiger partial charge in [0.05, 0.1) is 4.92 Å². The molecule has 0 saturated carbocycles. The number of anilines is 2. The summed E-state index contributed by atoms with van der Waals surface area (Å²) in [6.45, 7) is 6.46. The molecule has 1 aromatic carbocycles. The standard InChI is InChI=1S/C14H21N3O2/c1-14(2)4-6-16(7-5-14)12-8-11(15-3)9-13(10-12)17(18)19/h8-10,15H,4-7H2,1-3H3. The number of nitro groups is 1. The second-order valence-corrected chi connectivity index (χ2v) is 5.90. The molecule has 1 aromatic rings. The Kier molecular flexibility index (Phi) is 3.64. The molecule has 5 nitrogen and oxygen atoms in total. The quantitative estimate of drug-likeness (QED) is 0.671. The fourth-order valence-corrected chi connectivity index (χ4v) is 2.40. The fraction of sp³-hybridized carbons (Fsp3) is 0.571. The zero-order valence-corrected chi connectivity index (χ0v) is 11.8. The van der Waals surface area contributed by atoms with Gasteiger partial charge in [-0.25, -0.2) is 0 Å². The zero-order chi connectivity index (χ0) is 14.0. The minimum Gasteiger partial charge on any atom is -0.388 e. The highest BCUT2D eigenvalue weighted by Crippen LogP contribution is 2.34. The third-order valence-corrected chi connectivity index (χ3v) is 3.88. The van der Waals surface area contributed by atoms with E-state index in [2.05, 4.69) is 24.1 Å². The molecule has 19 heavy (non-hydrogen) atoms. The van der Waals surface area contributed by atoms with Gasteiger partial charge in [-0.3, -0.25) is 10.1 Å². The summed E-state index contributed by atoms with van der Waals surface area (Å²) in [5, 5.41) is 14.0. The highest BCUT2D eigenvalue weighted by atomic mass is 16.6. The van der Waals surface area contributed by atoms with Gasteiger partial charge in [0.1, 0.15) is 0 Å². The average molecular weight is 263 g/mol. The Hall–Kier alpha value is -1.78. The lowest BCUT2D eigenvalue weighted by molar-refractivity contribution is -0.384. The molecule has 5 heteroatoms. The number of nitro benzene ring substituents is 1. The number of non-ortho nitro benzene ring substituents is 1. The van der Waals surface area contributed by atoms with Crippen molar-refractivity contribution in [2.45, 2.75) is 26.7 Å². The molecule has 2 rings (SSSR count). The summed E-state index contributed by atoms with van der Waals surface area (Å²) in [5.41, 5.74) is 2.25. The van der Waals surface area contributed by atoms with Gasteiger partial charge < -0.3 is 10.2 Å². The molecule has 1 saturated heterocycles. The lowest BCUT2D eigenvalue weighted by Gasteiger charge is -2.38. The lowest BCUT2D eigenvalue weighted by atomic mass is 9.82. The van der Waals surface area contributed by atoms with E-state index < -0.39 is 0 Å². The lowest BCUT2D eigenvalue weighted by Crippen LogP contribution is -2.37. The van der Waals surface area contributed by atoms with Crippen LogP contribution in [0.3, 0.4) is 0 Å². The van der Waals surface area contributed by atoms with E-state index in [0.717, 1.165) is 37.3 Å². The van der Waals surface area contributed by atoms with Crippen molar-refractivity contribution in [3.63, 3.8) is 0 Å². The largest absolute Gasteiger partial charge is 0.388 e. The molecule has 1 fully saturated rings. The molecular formula is C14H21N3O2. The predicted octanol–water partition coefficient (Wildman–Crippen LogP) is 3.26. The molecule has 104 valence electrons. The predicted molar refractivity (Wildman–Crippen MR) is 77.9 cm³/mol. The molecule has 1 heterocycles. The number of nitrogens with zero attached hydrogens (tertiary/aromatic N) is 2. The number of hydrogen-bond donors (Lipinski definition) is 1. The Labute approximate surface area is 113 Å². The smallest absolute Gasteiger partial charge is 0.273 e. The number of nitrogens with one attached hydrogen (secondary N) is 1. The highest BCUT2D eigenvalue weighted by Gasteiger charge is 2.26. The van der Waals surface area contributed by atoms with Crippen molar-refractivity contribution in [3.05, 3.63) is 28.3 Å². The highest BCUT2D eigenvalue weighted by molar-refractivity contribution is 5.64. The molecular weight excluding hydrogens is 242 g/mol. The maximum atomic E-state index is 11.0. The number of benzene rings is 1. The van der Waals surface area contributed by atoms with E-state index in [9.17, 15) is 10.1 Å². The van der Waals surface area contributed by atoms with Crippen LogP contribution in [0.4, 0.5) is 17.1 Å². The van der Waals surface area contributed by atoms with Crippen LogP contribution in [0.1, 0.15) is 26.7 Å². The molecule has 0 amide bonds. The van der Waals surface area contributed by atoms with Crippen LogP contribution in [-0.2, 0) is 0 Å². The van der Waals surface area contributed by atoms with Crippen LogP contribution < -0.4 is 10.2 Å². The number of hydrogen-bond acceptors (Lipinski definition) is 4. The fourth-order valence-electron chi connectivity index (χ4n) is 2.40. The second-order valence-electron chi connectivity index (χ2n) is 5.90. The van der Waals surface area contributed by atoms with Gasteiger partial charge in [-0.2, -0.15) is 0 Å². The first-order chi connectivity index (χ1) is 8.91. The Morgan fingerprint density at radius 3 is 2.42 bits per heavy atom. The first kappa shape index (κ1) is 13.6. The van der Waals surface area contributed by atoms with Gasteiger partial charge in [-0.1, -0.05) is 13.8 Å². The number of rotatable bonds is 3. The molecule has 0 bridgehead atoms. The molecule has 0 aliphatic carbocycles. The third-order valence-electron chi connectivity index (χ3n) is 3.88. The van der Waals surface area contributed by atoms with Crippen LogP contribution in [0, 0.1) is 15.5 Å². The van der Waals surface area contributed by atoms with Gasteiger partial charge in [0.25, 0.3) is 5.69 Å². The van der Waals surface area contributed by atoms with Gasteiger partial charge in [-0.05, 0) is 24.3 Å². The molecule has 0 aromatic heterocycles. The van der Waals surface area contributed by atoms with Crippen LogP contribution in [0.25, 0.3) is 0 Å². The molecule has 1 N–H and O–H groups in total. The summed E-state index contributed by atoms with van der Waals surface area (Å²) in [4.78, 5) is 12.9. The normalized spacial score (nSPS) is 18.2. The van der Waals surface area contributed by atoms with E-state index in [1.54, 1.807) is 19.2 Å². The molecule has 0 spiro atoms. The van der Waals surface area contributed by atoms with E-state index in [1.165, 1.54) is 0 Å². The van der Waals surface area contributed by atoms with Crippen molar-refractivity contribution in [3.8, 4) is 0 Å². The topological polar surface area (TPSA) is 58.4 Å². The van der Waals surface area contributed by atoms with Crippen LogP contribution in [0.5, 0.6) is 0 Å². The van der Waals surface area contributed by atoms with E-state index in [-0.39, 0.29) is 10.6 Å². The van der Waals surface area contributed by atoms with Gasteiger partial charge in [0.2, 0.25) is 0 Å². The third kappa shape index (κ3) is 3.16. The van der Waals surface area contributed by atoms with Crippen molar-refractivity contribution < 1.29 is 4.92 Å². The molecule has 1 aliphatic rings. The van der Waals surface area contributed by atoms with Gasteiger partial charge in [0.15, 0.2) is 0 Å². The molecule has 0 unspecified atom stereocenters. The zero-order valence-electron chi connectivity index (χ0n) is 11.8. The monoisotopic (exact) mass is 263 g/mol. The second kappa shape index (κ2) is 5.07. The van der Waals surface area contributed by atoms with Crippen molar-refractivity contribution in [2.75, 3.05) is 30.4 Å². The van der Waals surface area contributed by atoms with Crippen LogP contribution in [0.15, 0.2) is 18.2 Å². The molecule has 1 aliphatic heterocycles. The van der Waals surface area contributed by atoms with E-state index in [4.69, 9.17) is 0 Å². The maximum absolute atomic E-state index is 11.0. The van der Waals surface area contributed by atoms with E-state index in [0.29, 0.717) is 5.41 Å². The first-order valence-corrected chi connectivity index (χ1v) is 6.63. The first-order valence-electron chi connectivity index (χ1n) is 6.63. The Morgan fingerprint density at radius 1 is 1.26 bits per heavy atom. The van der Waals surface area contributed by atoms with Crippen molar-refractivity contribution in [1.29, 1.82) is 0 Å². The van der Waals surface area contributed by atoms with Crippen molar-refractivity contribution >= 4 is 17.1 Å². The van der Waals surface area contributed by atoms with E-state index >= 15 is 0 Å². The van der Waals surface area contributed by atoms with Crippen LogP contribution >= 0.6 is 0 Å².